The van der Waals surface area contributed by atoms with E-state index < -0.39 is 5.91 Å². The van der Waals surface area contributed by atoms with Crippen LogP contribution in [-0.2, 0) is 0 Å². The second-order valence-corrected chi connectivity index (χ2v) is 3.33. The van der Waals surface area contributed by atoms with E-state index in [1.54, 1.807) is 6.92 Å². The molecule has 4 nitrogen and oxygen atoms in total. The van der Waals surface area contributed by atoms with E-state index in [1.807, 2.05) is 0 Å². The summed E-state index contributed by atoms with van der Waals surface area (Å²) in [4.78, 5) is 11.2. The number of nitrogens with two attached hydrogens (primary N) is 1. The van der Waals surface area contributed by atoms with Crippen LogP contribution in [0.2, 0.25) is 0 Å². The van der Waals surface area contributed by atoms with E-state index in [-0.39, 0.29) is 11.4 Å². The molecule has 0 aliphatic carbocycles. The average molecular weight is 220 g/mol. The predicted octanol–water partition coefficient (Wildman–Crippen LogP) is 1.89. The van der Waals surface area contributed by atoms with E-state index in [9.17, 15) is 9.18 Å². The lowest BCUT2D eigenvalue weighted by Crippen LogP contribution is -2.12. The molecule has 2 rings (SSSR count). The van der Waals surface area contributed by atoms with Crippen molar-refractivity contribution in [2.45, 2.75) is 6.92 Å². The first-order valence-corrected chi connectivity index (χ1v) is 4.61. The molecule has 2 N–H and O–H groups in total. The first-order chi connectivity index (χ1) is 7.59. The summed E-state index contributed by atoms with van der Waals surface area (Å²) in [7, 11) is 0. The molecule has 16 heavy (non-hydrogen) atoms. The van der Waals surface area contributed by atoms with Gasteiger partial charge in [-0.25, -0.2) is 4.39 Å². The third-order valence-corrected chi connectivity index (χ3v) is 2.23. The van der Waals surface area contributed by atoms with Crippen LogP contribution in [0.4, 0.5) is 4.39 Å². The van der Waals surface area contributed by atoms with Crippen LogP contribution in [0.15, 0.2) is 28.8 Å². The Morgan fingerprint density at radius 2 is 2.00 bits per heavy atom. The topological polar surface area (TPSA) is 69.1 Å². The Morgan fingerprint density at radius 1 is 1.38 bits per heavy atom. The van der Waals surface area contributed by atoms with Gasteiger partial charge in [0.1, 0.15) is 22.8 Å². The first-order valence-electron chi connectivity index (χ1n) is 4.61. The van der Waals surface area contributed by atoms with Gasteiger partial charge in [0.15, 0.2) is 0 Å². The summed E-state index contributed by atoms with van der Waals surface area (Å²) < 4.78 is 17.6. The minimum atomic E-state index is -0.613. The molecule has 5 heteroatoms. The van der Waals surface area contributed by atoms with Gasteiger partial charge < -0.3 is 10.3 Å². The second kappa shape index (κ2) is 3.77. The van der Waals surface area contributed by atoms with Crippen LogP contribution in [0.5, 0.6) is 0 Å². The molecule has 0 fully saturated rings. The zero-order chi connectivity index (χ0) is 11.7. The molecule has 0 unspecified atom stereocenters. The van der Waals surface area contributed by atoms with Gasteiger partial charge in [0.2, 0.25) is 0 Å². The van der Waals surface area contributed by atoms with E-state index in [1.165, 1.54) is 24.3 Å². The monoisotopic (exact) mass is 220 g/mol. The van der Waals surface area contributed by atoms with Gasteiger partial charge in [0.05, 0.1) is 0 Å². The Bertz CT molecular complexity index is 531. The molecular weight excluding hydrogens is 211 g/mol. The molecule has 82 valence electrons. The first kappa shape index (κ1) is 10.4. The highest BCUT2D eigenvalue weighted by Gasteiger charge is 2.18. The number of halogens is 1. The van der Waals surface area contributed by atoms with Crippen molar-refractivity contribution in [1.82, 2.24) is 5.16 Å². The number of aryl methyl sites for hydroxylation is 1. The number of carbonyl (C=O) groups is 1. The lowest BCUT2D eigenvalue weighted by atomic mass is 10.1. The Morgan fingerprint density at radius 3 is 2.56 bits per heavy atom. The highest BCUT2D eigenvalue weighted by atomic mass is 19.1. The number of aromatic nitrogens is 1. The molecule has 1 aromatic heterocycles. The summed E-state index contributed by atoms with van der Waals surface area (Å²) >= 11 is 0. The largest absolute Gasteiger partial charge is 0.365 e. The van der Waals surface area contributed by atoms with Crippen molar-refractivity contribution >= 4 is 5.91 Å². The van der Waals surface area contributed by atoms with E-state index >= 15 is 0 Å². The minimum absolute atomic E-state index is 0.228. The Hall–Kier alpha value is -2.17. The molecule has 0 bridgehead atoms. The third kappa shape index (κ3) is 1.67. The molecule has 0 spiro atoms. The van der Waals surface area contributed by atoms with E-state index in [2.05, 4.69) is 5.16 Å². The maximum absolute atomic E-state index is 12.7. The van der Waals surface area contributed by atoms with Crippen LogP contribution in [-0.4, -0.2) is 11.1 Å². The Kier molecular flexibility index (Phi) is 2.44. The van der Waals surface area contributed by atoms with Crippen LogP contribution in [0.1, 0.15) is 16.1 Å². The lowest BCUT2D eigenvalue weighted by Gasteiger charge is -1.98. The molecule has 0 radical (unpaired) electrons. The highest BCUT2D eigenvalue weighted by molar-refractivity contribution is 5.99. The number of benzene rings is 1. The predicted molar refractivity (Wildman–Crippen MR) is 55.2 cm³/mol. The Balaban J connectivity index is 2.56. The fourth-order valence-electron chi connectivity index (χ4n) is 1.47. The number of hydrogen-bond donors (Lipinski definition) is 1. The fraction of sp³-hybridized carbons (Fsp3) is 0.0909. The van der Waals surface area contributed by atoms with Gasteiger partial charge in [-0.1, -0.05) is 5.16 Å². The van der Waals surface area contributed by atoms with Crippen molar-refractivity contribution in [3.8, 4) is 11.3 Å². The summed E-state index contributed by atoms with van der Waals surface area (Å²) in [6.07, 6.45) is 0. The number of amides is 1. The second-order valence-electron chi connectivity index (χ2n) is 3.33. The lowest BCUT2D eigenvalue weighted by molar-refractivity contribution is 0.0999. The van der Waals surface area contributed by atoms with E-state index in [4.69, 9.17) is 10.3 Å². The van der Waals surface area contributed by atoms with Crippen LogP contribution in [0, 0.1) is 12.7 Å². The van der Waals surface area contributed by atoms with Crippen LogP contribution < -0.4 is 5.73 Å². The van der Waals surface area contributed by atoms with Gasteiger partial charge in [-0.2, -0.15) is 0 Å². The zero-order valence-corrected chi connectivity index (χ0v) is 8.53. The summed E-state index contributed by atoms with van der Waals surface area (Å²) in [5, 5.41) is 3.74. The van der Waals surface area contributed by atoms with Gasteiger partial charge >= 0.3 is 0 Å². The SMILES string of the molecule is Cc1onc(-c2ccc(F)cc2)c1C(N)=O. The van der Waals surface area contributed by atoms with Crippen molar-refractivity contribution in [2.24, 2.45) is 5.73 Å². The van der Waals surface area contributed by atoms with Crippen molar-refractivity contribution in [3.05, 3.63) is 41.4 Å². The van der Waals surface area contributed by atoms with Crippen molar-refractivity contribution in [2.75, 3.05) is 0 Å². The molecule has 2 aromatic rings. The number of carbonyl (C=O) groups excluding carboxylic acids is 1. The van der Waals surface area contributed by atoms with Crippen molar-refractivity contribution in [1.29, 1.82) is 0 Å². The molecular formula is C11H9FN2O2. The molecule has 0 aliphatic heterocycles. The van der Waals surface area contributed by atoms with Gasteiger partial charge in [-0.3, -0.25) is 4.79 Å². The minimum Gasteiger partial charge on any atom is -0.365 e. The standard InChI is InChI=1S/C11H9FN2O2/c1-6-9(11(13)15)10(14-16-6)7-2-4-8(12)5-3-7/h2-5H,1H3,(H2,13,15). The summed E-state index contributed by atoms with van der Waals surface area (Å²) in [5.74, 6) is -0.616. The molecule has 0 saturated carbocycles. The summed E-state index contributed by atoms with van der Waals surface area (Å²) in [6, 6.07) is 5.59. The molecule has 0 atom stereocenters. The molecule has 1 heterocycles. The van der Waals surface area contributed by atoms with Crippen molar-refractivity contribution < 1.29 is 13.7 Å². The Labute approximate surface area is 90.9 Å². The maximum atomic E-state index is 12.7. The number of rotatable bonds is 2. The smallest absolute Gasteiger partial charge is 0.254 e. The van der Waals surface area contributed by atoms with Crippen LogP contribution >= 0.6 is 0 Å². The quantitative estimate of drug-likeness (QED) is 0.840. The highest BCUT2D eigenvalue weighted by Crippen LogP contribution is 2.24. The zero-order valence-electron chi connectivity index (χ0n) is 8.53. The third-order valence-electron chi connectivity index (χ3n) is 2.23. The van der Waals surface area contributed by atoms with Gasteiger partial charge in [0.25, 0.3) is 5.91 Å². The average Bonchev–Trinajstić information content (AvgIpc) is 2.61. The van der Waals surface area contributed by atoms with Gasteiger partial charge in [0, 0.05) is 5.56 Å². The number of primary amides is 1. The number of hydrogen-bond acceptors (Lipinski definition) is 3. The molecule has 0 aliphatic rings. The number of nitrogens with zero attached hydrogens (tertiary/aromatic N) is 1. The van der Waals surface area contributed by atoms with Gasteiger partial charge in [-0.15, -0.1) is 0 Å². The summed E-state index contributed by atoms with van der Waals surface area (Å²) in [5.41, 5.74) is 6.37. The fourth-order valence-corrected chi connectivity index (χ4v) is 1.47. The van der Waals surface area contributed by atoms with Crippen molar-refractivity contribution in [3.63, 3.8) is 0 Å². The normalized spacial score (nSPS) is 10.4. The van der Waals surface area contributed by atoms with Gasteiger partial charge in [-0.05, 0) is 31.2 Å². The maximum Gasteiger partial charge on any atom is 0.254 e. The van der Waals surface area contributed by atoms with E-state index in [0.29, 0.717) is 17.0 Å². The molecule has 0 saturated heterocycles. The van der Waals surface area contributed by atoms with E-state index in [0.717, 1.165) is 0 Å². The van der Waals surface area contributed by atoms with Crippen LogP contribution in [0.3, 0.4) is 0 Å². The molecule has 1 amide bonds. The molecule has 1 aromatic carbocycles. The summed E-state index contributed by atoms with van der Waals surface area (Å²) in [6.45, 7) is 1.60. The van der Waals surface area contributed by atoms with Crippen LogP contribution in [0.25, 0.3) is 11.3 Å².